The van der Waals surface area contributed by atoms with Crippen LogP contribution in [-0.4, -0.2) is 51.3 Å². The number of hydrogen-bond acceptors (Lipinski definition) is 4. The number of nitrogens with zero attached hydrogens (tertiary/aromatic N) is 1. The van der Waals surface area contributed by atoms with Gasteiger partial charge in [0.15, 0.2) is 0 Å². The van der Waals surface area contributed by atoms with E-state index in [0.29, 0.717) is 13.0 Å². The predicted octanol–water partition coefficient (Wildman–Crippen LogP) is 2.23. The summed E-state index contributed by atoms with van der Waals surface area (Å²) in [5.74, 6) is -1.04. The third-order valence-electron chi connectivity index (χ3n) is 5.49. The topological polar surface area (TPSA) is 98.1 Å². The number of aliphatic hydroxyl groups is 1. The smallest absolute Gasteiger partial charge is 0.314 e. The maximum atomic E-state index is 12.7. The van der Waals surface area contributed by atoms with Crippen LogP contribution in [0.25, 0.3) is 0 Å². The molecule has 1 aliphatic heterocycles. The van der Waals surface area contributed by atoms with Crippen LogP contribution in [0.5, 0.6) is 5.75 Å². The largest absolute Gasteiger partial charge is 0.508 e. The highest BCUT2D eigenvalue weighted by Crippen LogP contribution is 2.35. The van der Waals surface area contributed by atoms with Crippen molar-refractivity contribution >= 4 is 11.9 Å². The molecule has 0 saturated carbocycles. The Balaban J connectivity index is 1.71. The Morgan fingerprint density at radius 2 is 1.71 bits per heavy atom. The summed E-state index contributed by atoms with van der Waals surface area (Å²) in [6.07, 6.45) is 0.168. The van der Waals surface area contributed by atoms with Crippen molar-refractivity contribution in [2.45, 2.75) is 31.8 Å². The van der Waals surface area contributed by atoms with Crippen molar-refractivity contribution in [1.82, 2.24) is 4.90 Å². The highest BCUT2D eigenvalue weighted by atomic mass is 16.4. The van der Waals surface area contributed by atoms with Gasteiger partial charge in [-0.05, 0) is 42.5 Å². The number of carboxylic acids is 1. The number of aliphatic hydroxyl groups excluding tert-OH is 1. The van der Waals surface area contributed by atoms with Crippen LogP contribution in [0.3, 0.4) is 0 Å². The fourth-order valence-corrected chi connectivity index (χ4v) is 3.78. The number of carboxylic acid groups (broad SMARTS) is 1. The second-order valence-electron chi connectivity index (χ2n) is 7.41. The number of aryl methyl sites for hydroxylation is 1. The molecule has 0 spiro atoms. The molecule has 1 saturated heterocycles. The van der Waals surface area contributed by atoms with E-state index < -0.39 is 17.5 Å². The Morgan fingerprint density at radius 3 is 2.36 bits per heavy atom. The van der Waals surface area contributed by atoms with E-state index >= 15 is 0 Å². The number of phenolic OH excluding ortho intramolecular Hbond substituents is 1. The van der Waals surface area contributed by atoms with Crippen molar-refractivity contribution < 1.29 is 24.9 Å². The molecule has 0 aromatic heterocycles. The lowest BCUT2D eigenvalue weighted by Crippen LogP contribution is -2.58. The summed E-state index contributed by atoms with van der Waals surface area (Å²) >= 11 is 0. The van der Waals surface area contributed by atoms with E-state index in [-0.39, 0.29) is 37.5 Å². The minimum Gasteiger partial charge on any atom is -0.508 e. The van der Waals surface area contributed by atoms with Gasteiger partial charge in [0.2, 0.25) is 5.91 Å². The average molecular weight is 383 g/mol. The summed E-state index contributed by atoms with van der Waals surface area (Å²) in [6, 6.07) is 15.9. The van der Waals surface area contributed by atoms with Gasteiger partial charge in [0, 0.05) is 19.5 Å². The van der Waals surface area contributed by atoms with Crippen LogP contribution in [0.2, 0.25) is 0 Å². The standard InChI is InChI=1S/C22H25NO5/c24-18-9-6-16(7-10-18)8-11-20(26)23-13-12-19(25)22(15-23,21(27)28)14-17-4-2-1-3-5-17/h1-7,9-10,19,24-25H,8,11-15H2,(H,27,28)/t19-,22+/m0/s1. The second kappa shape index (κ2) is 8.44. The molecule has 0 unspecified atom stereocenters. The lowest BCUT2D eigenvalue weighted by molar-refractivity contribution is -0.165. The van der Waals surface area contributed by atoms with Gasteiger partial charge in [0.1, 0.15) is 11.2 Å². The third kappa shape index (κ3) is 4.34. The molecule has 2 atom stereocenters. The van der Waals surface area contributed by atoms with Gasteiger partial charge in [-0.1, -0.05) is 42.5 Å². The van der Waals surface area contributed by atoms with E-state index in [1.54, 1.807) is 29.2 Å². The monoisotopic (exact) mass is 383 g/mol. The van der Waals surface area contributed by atoms with Crippen molar-refractivity contribution in [3.8, 4) is 5.75 Å². The number of benzene rings is 2. The third-order valence-corrected chi connectivity index (χ3v) is 5.49. The number of hydrogen-bond donors (Lipinski definition) is 3. The summed E-state index contributed by atoms with van der Waals surface area (Å²) in [5, 5.41) is 29.8. The Bertz CT molecular complexity index is 821. The molecule has 6 nitrogen and oxygen atoms in total. The predicted molar refractivity (Wildman–Crippen MR) is 104 cm³/mol. The number of aromatic hydroxyl groups is 1. The Labute approximate surface area is 164 Å². The number of amides is 1. The zero-order valence-electron chi connectivity index (χ0n) is 15.6. The number of aliphatic carboxylic acids is 1. The maximum absolute atomic E-state index is 12.7. The number of likely N-dealkylation sites (tertiary alicyclic amines) is 1. The summed E-state index contributed by atoms with van der Waals surface area (Å²) in [5.41, 5.74) is 0.340. The van der Waals surface area contributed by atoms with Crippen LogP contribution >= 0.6 is 0 Å². The Hall–Kier alpha value is -2.86. The molecular formula is C22H25NO5. The minimum absolute atomic E-state index is 0.00714. The van der Waals surface area contributed by atoms with Crippen LogP contribution in [0.1, 0.15) is 24.0 Å². The lowest BCUT2D eigenvalue weighted by atomic mass is 9.72. The van der Waals surface area contributed by atoms with E-state index in [4.69, 9.17) is 0 Å². The van der Waals surface area contributed by atoms with E-state index in [0.717, 1.165) is 11.1 Å². The van der Waals surface area contributed by atoms with Gasteiger partial charge in [-0.15, -0.1) is 0 Å². The molecule has 3 rings (SSSR count). The first-order chi connectivity index (χ1) is 13.4. The molecule has 1 aliphatic rings. The Morgan fingerprint density at radius 1 is 1.04 bits per heavy atom. The minimum atomic E-state index is -1.41. The molecule has 148 valence electrons. The van der Waals surface area contributed by atoms with E-state index in [9.17, 15) is 24.9 Å². The second-order valence-corrected chi connectivity index (χ2v) is 7.41. The van der Waals surface area contributed by atoms with Crippen LogP contribution in [0.15, 0.2) is 54.6 Å². The number of rotatable bonds is 6. The van der Waals surface area contributed by atoms with E-state index in [1.807, 2.05) is 30.3 Å². The number of phenols is 1. The molecule has 28 heavy (non-hydrogen) atoms. The molecule has 0 aliphatic carbocycles. The molecule has 1 amide bonds. The fraction of sp³-hybridized carbons (Fsp3) is 0.364. The quantitative estimate of drug-likeness (QED) is 0.711. The van der Waals surface area contributed by atoms with Gasteiger partial charge >= 0.3 is 5.97 Å². The molecule has 1 heterocycles. The molecule has 1 fully saturated rings. The summed E-state index contributed by atoms with van der Waals surface area (Å²) in [6.45, 7) is 0.339. The normalized spacial score (nSPS) is 22.0. The first-order valence-electron chi connectivity index (χ1n) is 9.42. The highest BCUT2D eigenvalue weighted by molar-refractivity contribution is 5.80. The van der Waals surface area contributed by atoms with Crippen molar-refractivity contribution in [3.05, 3.63) is 65.7 Å². The summed E-state index contributed by atoms with van der Waals surface area (Å²) in [7, 11) is 0. The average Bonchev–Trinajstić information content (AvgIpc) is 2.69. The highest BCUT2D eigenvalue weighted by Gasteiger charge is 2.50. The molecule has 6 heteroatoms. The van der Waals surface area contributed by atoms with Crippen molar-refractivity contribution in [1.29, 1.82) is 0 Å². The van der Waals surface area contributed by atoms with Gasteiger partial charge in [-0.2, -0.15) is 0 Å². The van der Waals surface area contributed by atoms with Crippen LogP contribution < -0.4 is 0 Å². The molecule has 2 aromatic carbocycles. The number of piperidine rings is 1. The lowest BCUT2D eigenvalue weighted by Gasteiger charge is -2.43. The van der Waals surface area contributed by atoms with Crippen molar-refractivity contribution in [2.24, 2.45) is 5.41 Å². The van der Waals surface area contributed by atoms with Crippen molar-refractivity contribution in [2.75, 3.05) is 13.1 Å². The first kappa shape index (κ1) is 19.9. The number of carbonyl (C=O) groups is 2. The molecule has 2 aromatic rings. The Kier molecular flexibility index (Phi) is 5.99. The van der Waals surface area contributed by atoms with Gasteiger partial charge < -0.3 is 20.2 Å². The zero-order valence-corrected chi connectivity index (χ0v) is 15.6. The molecule has 0 bridgehead atoms. The van der Waals surface area contributed by atoms with Gasteiger partial charge in [-0.3, -0.25) is 9.59 Å². The molecular weight excluding hydrogens is 358 g/mol. The van der Waals surface area contributed by atoms with Gasteiger partial charge in [-0.25, -0.2) is 0 Å². The van der Waals surface area contributed by atoms with Gasteiger partial charge in [0.05, 0.1) is 6.10 Å². The SMILES string of the molecule is O=C(CCc1ccc(O)cc1)N1CC[C@H](O)[C@](Cc2ccccc2)(C(=O)O)C1. The number of carbonyl (C=O) groups excluding carboxylic acids is 1. The van der Waals surface area contributed by atoms with Crippen LogP contribution in [-0.2, 0) is 22.4 Å². The maximum Gasteiger partial charge on any atom is 0.314 e. The summed E-state index contributed by atoms with van der Waals surface area (Å²) in [4.78, 5) is 26.4. The molecule has 3 N–H and O–H groups in total. The molecule has 0 radical (unpaired) electrons. The first-order valence-corrected chi connectivity index (χ1v) is 9.42. The van der Waals surface area contributed by atoms with Crippen LogP contribution in [0.4, 0.5) is 0 Å². The van der Waals surface area contributed by atoms with Crippen LogP contribution in [0, 0.1) is 5.41 Å². The van der Waals surface area contributed by atoms with Crippen molar-refractivity contribution in [3.63, 3.8) is 0 Å². The van der Waals surface area contributed by atoms with Gasteiger partial charge in [0.25, 0.3) is 0 Å². The van der Waals surface area contributed by atoms with E-state index in [1.165, 1.54) is 0 Å². The summed E-state index contributed by atoms with van der Waals surface area (Å²) < 4.78 is 0. The fourth-order valence-electron chi connectivity index (χ4n) is 3.78. The zero-order chi connectivity index (χ0) is 20.1. The van der Waals surface area contributed by atoms with E-state index in [2.05, 4.69) is 0 Å².